The van der Waals surface area contributed by atoms with E-state index in [-0.39, 0.29) is 6.61 Å². The van der Waals surface area contributed by atoms with Gasteiger partial charge in [-0.25, -0.2) is 0 Å². The molecule has 3 N–H and O–H groups in total. The van der Waals surface area contributed by atoms with E-state index in [1.54, 1.807) is 0 Å². The number of guanidine groups is 1. The molecule has 1 aliphatic rings. The fourth-order valence-electron chi connectivity index (χ4n) is 2.51. The summed E-state index contributed by atoms with van der Waals surface area (Å²) in [4.78, 5) is 4.72. The molecular weight excluding hydrogens is 270 g/mol. The van der Waals surface area contributed by atoms with Crippen LogP contribution in [0.15, 0.2) is 4.99 Å². The molecule has 0 aromatic heterocycles. The fraction of sp³-hybridized carbons (Fsp3) is 0.933. The van der Waals surface area contributed by atoms with Crippen LogP contribution in [-0.2, 0) is 0 Å². The summed E-state index contributed by atoms with van der Waals surface area (Å²) in [5.74, 6) is 3.92. The second kappa shape index (κ2) is 11.3. The average Bonchev–Trinajstić information content (AvgIpc) is 2.46. The van der Waals surface area contributed by atoms with E-state index in [2.05, 4.69) is 24.5 Å². The molecule has 2 unspecified atom stereocenters. The van der Waals surface area contributed by atoms with Crippen molar-refractivity contribution >= 4 is 17.7 Å². The lowest BCUT2D eigenvalue weighted by Gasteiger charge is -2.25. The van der Waals surface area contributed by atoms with Gasteiger partial charge >= 0.3 is 0 Å². The van der Waals surface area contributed by atoms with Gasteiger partial charge in [-0.05, 0) is 44.3 Å². The third-order valence-electron chi connectivity index (χ3n) is 3.59. The number of nitrogens with zero attached hydrogens (tertiary/aromatic N) is 1. The number of hydrogen-bond acceptors (Lipinski definition) is 3. The maximum Gasteiger partial charge on any atom is 0.191 e. The van der Waals surface area contributed by atoms with Gasteiger partial charge in [0.15, 0.2) is 5.96 Å². The van der Waals surface area contributed by atoms with Gasteiger partial charge in [0.1, 0.15) is 0 Å². The first-order valence-corrected chi connectivity index (χ1v) is 9.19. The van der Waals surface area contributed by atoms with Crippen LogP contribution in [0.1, 0.15) is 46.0 Å². The maximum absolute atomic E-state index is 9.11. The van der Waals surface area contributed by atoms with Crippen LogP contribution in [0.25, 0.3) is 0 Å². The summed E-state index contributed by atoms with van der Waals surface area (Å²) >= 11 is 2.03. The molecule has 0 aromatic carbocycles. The Bertz CT molecular complexity index is 262. The number of thioether (sulfide) groups is 1. The average molecular weight is 302 g/mol. The Hall–Kier alpha value is -0.420. The molecule has 2 atom stereocenters. The topological polar surface area (TPSA) is 56.7 Å². The van der Waals surface area contributed by atoms with Gasteiger partial charge in [-0.3, -0.25) is 4.99 Å². The lowest BCUT2D eigenvalue weighted by molar-refractivity contribution is 0.253. The van der Waals surface area contributed by atoms with Crippen LogP contribution >= 0.6 is 11.8 Å². The van der Waals surface area contributed by atoms with Crippen LogP contribution in [0, 0.1) is 5.92 Å². The molecule has 0 aromatic rings. The first-order chi connectivity index (χ1) is 9.80. The molecule has 4 nitrogen and oxygen atoms in total. The van der Waals surface area contributed by atoms with E-state index in [1.165, 1.54) is 24.3 Å². The highest BCUT2D eigenvalue weighted by Gasteiger charge is 2.15. The predicted molar refractivity (Wildman–Crippen MR) is 89.6 cm³/mol. The van der Waals surface area contributed by atoms with E-state index in [0.717, 1.165) is 38.3 Å². The molecule has 1 rings (SSSR count). The monoisotopic (exact) mass is 301 g/mol. The standard InChI is InChI=1S/C15H31N3OS/c1-3-6-13(8-9-19)11-17-15(16-4-2)18-14-7-5-10-20-12-14/h13-14,19H,3-12H2,1-2H3,(H2,16,17,18). The van der Waals surface area contributed by atoms with Crippen LogP contribution in [0.4, 0.5) is 0 Å². The largest absolute Gasteiger partial charge is 0.396 e. The number of nitrogens with one attached hydrogen (secondary N) is 2. The maximum atomic E-state index is 9.11. The Morgan fingerprint density at radius 2 is 2.25 bits per heavy atom. The lowest BCUT2D eigenvalue weighted by atomic mass is 10.0. The minimum atomic E-state index is 0.267. The van der Waals surface area contributed by atoms with E-state index in [1.807, 2.05) is 11.8 Å². The molecule has 1 fully saturated rings. The second-order valence-electron chi connectivity index (χ2n) is 5.45. The second-order valence-corrected chi connectivity index (χ2v) is 6.59. The summed E-state index contributed by atoms with van der Waals surface area (Å²) in [5.41, 5.74) is 0. The molecule has 0 bridgehead atoms. The van der Waals surface area contributed by atoms with Crippen molar-refractivity contribution in [2.45, 2.75) is 52.0 Å². The van der Waals surface area contributed by atoms with E-state index in [9.17, 15) is 0 Å². The van der Waals surface area contributed by atoms with Crippen LogP contribution in [0.2, 0.25) is 0 Å². The smallest absolute Gasteiger partial charge is 0.191 e. The first kappa shape index (κ1) is 17.6. The Morgan fingerprint density at radius 1 is 1.40 bits per heavy atom. The van der Waals surface area contributed by atoms with Gasteiger partial charge in [-0.2, -0.15) is 11.8 Å². The Kier molecular flexibility index (Phi) is 9.93. The first-order valence-electron chi connectivity index (χ1n) is 8.03. The van der Waals surface area contributed by atoms with E-state index in [4.69, 9.17) is 10.1 Å². The number of aliphatic hydroxyl groups excluding tert-OH is 1. The van der Waals surface area contributed by atoms with Gasteiger partial charge in [0.05, 0.1) is 0 Å². The molecule has 1 saturated heterocycles. The van der Waals surface area contributed by atoms with Crippen LogP contribution in [0.3, 0.4) is 0 Å². The number of aliphatic hydroxyl groups is 1. The third-order valence-corrected chi connectivity index (χ3v) is 4.80. The molecule has 20 heavy (non-hydrogen) atoms. The molecule has 0 radical (unpaired) electrons. The summed E-state index contributed by atoms with van der Waals surface area (Å²) in [6, 6.07) is 0.550. The summed E-state index contributed by atoms with van der Waals surface area (Å²) in [6.45, 7) is 6.26. The van der Waals surface area contributed by atoms with Crippen LogP contribution in [-0.4, -0.2) is 48.3 Å². The van der Waals surface area contributed by atoms with Crippen LogP contribution in [0.5, 0.6) is 0 Å². The molecule has 0 spiro atoms. The summed E-state index contributed by atoms with van der Waals surface area (Å²) in [5, 5.41) is 16.0. The zero-order valence-electron chi connectivity index (χ0n) is 13.0. The Morgan fingerprint density at radius 3 is 2.85 bits per heavy atom. The zero-order chi connectivity index (χ0) is 14.6. The predicted octanol–water partition coefficient (Wildman–Crippen LogP) is 2.24. The van der Waals surface area contributed by atoms with Crippen molar-refractivity contribution in [3.63, 3.8) is 0 Å². The molecule has 0 amide bonds. The van der Waals surface area contributed by atoms with Gasteiger partial charge < -0.3 is 15.7 Å². The van der Waals surface area contributed by atoms with Crippen molar-refractivity contribution in [3.05, 3.63) is 0 Å². The number of rotatable bonds is 8. The minimum Gasteiger partial charge on any atom is -0.396 e. The zero-order valence-corrected chi connectivity index (χ0v) is 13.8. The van der Waals surface area contributed by atoms with Gasteiger partial charge in [0.2, 0.25) is 0 Å². The minimum absolute atomic E-state index is 0.267. The van der Waals surface area contributed by atoms with Crippen molar-refractivity contribution in [1.29, 1.82) is 0 Å². The lowest BCUT2D eigenvalue weighted by Crippen LogP contribution is -2.45. The molecule has 1 heterocycles. The van der Waals surface area contributed by atoms with Crippen molar-refractivity contribution in [2.75, 3.05) is 31.2 Å². The molecular formula is C15H31N3OS. The molecule has 5 heteroatoms. The van der Waals surface area contributed by atoms with Gasteiger partial charge in [-0.1, -0.05) is 13.3 Å². The van der Waals surface area contributed by atoms with Crippen LogP contribution < -0.4 is 10.6 Å². The highest BCUT2D eigenvalue weighted by atomic mass is 32.2. The molecule has 0 saturated carbocycles. The van der Waals surface area contributed by atoms with E-state index < -0.39 is 0 Å². The molecule has 1 aliphatic heterocycles. The third kappa shape index (κ3) is 7.39. The number of hydrogen-bond donors (Lipinski definition) is 3. The number of aliphatic imine (C=N–C) groups is 1. The van der Waals surface area contributed by atoms with Crippen molar-refractivity contribution in [2.24, 2.45) is 10.9 Å². The summed E-state index contributed by atoms with van der Waals surface area (Å²) in [6.07, 6.45) is 5.69. The SMILES string of the molecule is CCCC(CCO)CN=C(NCC)NC1CCCSC1. The Balaban J connectivity index is 2.46. The highest BCUT2D eigenvalue weighted by molar-refractivity contribution is 7.99. The molecule has 118 valence electrons. The van der Waals surface area contributed by atoms with Crippen molar-refractivity contribution in [1.82, 2.24) is 10.6 Å². The fourth-order valence-corrected chi connectivity index (χ4v) is 3.58. The normalized spacial score (nSPS) is 21.6. The van der Waals surface area contributed by atoms with Crippen molar-refractivity contribution < 1.29 is 5.11 Å². The van der Waals surface area contributed by atoms with E-state index >= 15 is 0 Å². The molecule has 0 aliphatic carbocycles. The summed E-state index contributed by atoms with van der Waals surface area (Å²) in [7, 11) is 0. The summed E-state index contributed by atoms with van der Waals surface area (Å²) < 4.78 is 0. The Labute approximate surface area is 128 Å². The van der Waals surface area contributed by atoms with Gasteiger partial charge in [0.25, 0.3) is 0 Å². The van der Waals surface area contributed by atoms with Gasteiger partial charge in [0, 0.05) is 31.5 Å². The quantitative estimate of drug-likeness (QED) is 0.475. The van der Waals surface area contributed by atoms with Gasteiger partial charge in [-0.15, -0.1) is 0 Å². The van der Waals surface area contributed by atoms with E-state index in [0.29, 0.717) is 12.0 Å². The van der Waals surface area contributed by atoms with Crippen molar-refractivity contribution in [3.8, 4) is 0 Å². The highest BCUT2D eigenvalue weighted by Crippen LogP contribution is 2.17.